The van der Waals surface area contributed by atoms with Gasteiger partial charge in [-0.15, -0.1) is 0 Å². The smallest absolute Gasteiger partial charge is 0.327 e. The van der Waals surface area contributed by atoms with E-state index in [1.165, 1.54) is 25.7 Å². The third kappa shape index (κ3) is 3.98. The van der Waals surface area contributed by atoms with Gasteiger partial charge in [0.25, 0.3) is 0 Å². The lowest BCUT2D eigenvalue weighted by Crippen LogP contribution is -2.57. The highest BCUT2D eigenvalue weighted by Gasteiger charge is 2.41. The van der Waals surface area contributed by atoms with Crippen LogP contribution in [0.5, 0.6) is 0 Å². The molecule has 2 saturated carbocycles. The fraction of sp³-hybridized carbons (Fsp3) is 0.941. The summed E-state index contributed by atoms with van der Waals surface area (Å²) in [6.45, 7) is 8.91. The molecule has 2 aliphatic carbocycles. The van der Waals surface area contributed by atoms with Gasteiger partial charge in [0.15, 0.2) is 0 Å². The quantitative estimate of drug-likeness (QED) is 0.698. The number of hydrogen-bond donors (Lipinski definition) is 1. The van der Waals surface area contributed by atoms with E-state index in [2.05, 4.69) is 17.3 Å². The first kappa shape index (κ1) is 16.8. The zero-order valence-corrected chi connectivity index (χ0v) is 14.2. The van der Waals surface area contributed by atoms with Crippen molar-refractivity contribution >= 4 is 5.97 Å². The van der Waals surface area contributed by atoms with Gasteiger partial charge in [0.05, 0.1) is 6.61 Å². The van der Waals surface area contributed by atoms with E-state index in [0.717, 1.165) is 30.8 Å². The minimum Gasteiger partial charge on any atom is -0.465 e. The molecular formula is C17H32N2O2. The van der Waals surface area contributed by atoms with Gasteiger partial charge in [-0.25, -0.2) is 0 Å². The zero-order chi connectivity index (χ0) is 15.5. The SMILES string of the molecule is CCNC(C)(CN(C)CC1CC2CCC1C2)C(=O)OCC. The topological polar surface area (TPSA) is 41.6 Å². The van der Waals surface area contributed by atoms with Crippen molar-refractivity contribution in [3.05, 3.63) is 0 Å². The van der Waals surface area contributed by atoms with Crippen LogP contribution in [0.25, 0.3) is 0 Å². The van der Waals surface area contributed by atoms with Gasteiger partial charge in [-0.2, -0.15) is 0 Å². The van der Waals surface area contributed by atoms with Gasteiger partial charge in [-0.3, -0.25) is 4.79 Å². The van der Waals surface area contributed by atoms with Crippen molar-refractivity contribution in [3.63, 3.8) is 0 Å². The molecule has 4 nitrogen and oxygen atoms in total. The van der Waals surface area contributed by atoms with E-state index >= 15 is 0 Å². The van der Waals surface area contributed by atoms with Crippen LogP contribution < -0.4 is 5.32 Å². The number of esters is 1. The van der Waals surface area contributed by atoms with Crippen molar-refractivity contribution in [1.29, 1.82) is 0 Å². The second-order valence-corrected chi connectivity index (χ2v) is 7.21. The number of nitrogens with zero attached hydrogens (tertiary/aromatic N) is 1. The average Bonchev–Trinajstić information content (AvgIpc) is 3.01. The molecule has 2 rings (SSSR count). The molecule has 2 bridgehead atoms. The Morgan fingerprint density at radius 1 is 1.33 bits per heavy atom. The van der Waals surface area contributed by atoms with Crippen molar-refractivity contribution in [3.8, 4) is 0 Å². The molecule has 0 aromatic heterocycles. The number of ether oxygens (including phenoxy) is 1. The number of hydrogen-bond acceptors (Lipinski definition) is 4. The summed E-state index contributed by atoms with van der Waals surface area (Å²) < 4.78 is 5.25. The second kappa shape index (κ2) is 7.10. The summed E-state index contributed by atoms with van der Waals surface area (Å²) in [5.74, 6) is 2.62. The van der Waals surface area contributed by atoms with Crippen LogP contribution in [0.3, 0.4) is 0 Å². The fourth-order valence-electron chi connectivity index (χ4n) is 4.48. The molecule has 0 aromatic rings. The highest BCUT2D eigenvalue weighted by atomic mass is 16.5. The van der Waals surface area contributed by atoms with Crippen LogP contribution in [-0.2, 0) is 9.53 Å². The first-order chi connectivity index (χ1) is 9.98. The Balaban J connectivity index is 1.88. The molecule has 2 aliphatic rings. The van der Waals surface area contributed by atoms with Gasteiger partial charge >= 0.3 is 5.97 Å². The largest absolute Gasteiger partial charge is 0.465 e. The summed E-state index contributed by atoms with van der Waals surface area (Å²) in [6, 6.07) is 0. The number of nitrogens with one attached hydrogen (secondary N) is 1. The summed E-state index contributed by atoms with van der Waals surface area (Å²) in [5.41, 5.74) is -0.600. The van der Waals surface area contributed by atoms with E-state index < -0.39 is 5.54 Å². The predicted octanol–water partition coefficient (Wildman–Crippen LogP) is 2.29. The van der Waals surface area contributed by atoms with Crippen molar-refractivity contribution in [1.82, 2.24) is 10.2 Å². The molecule has 2 fully saturated rings. The maximum atomic E-state index is 12.2. The fourth-order valence-corrected chi connectivity index (χ4v) is 4.48. The molecule has 0 aromatic carbocycles. The van der Waals surface area contributed by atoms with E-state index in [1.807, 2.05) is 20.8 Å². The van der Waals surface area contributed by atoms with Gasteiger partial charge in [0.1, 0.15) is 5.54 Å². The van der Waals surface area contributed by atoms with Gasteiger partial charge in [0.2, 0.25) is 0 Å². The molecule has 0 saturated heterocycles. The molecule has 4 unspecified atom stereocenters. The number of rotatable bonds is 8. The summed E-state index contributed by atoms with van der Waals surface area (Å²) in [5, 5.41) is 3.32. The standard InChI is InChI=1S/C17H32N2O2/c1-5-18-17(3,16(20)21-6-2)12-19(4)11-15-10-13-7-8-14(15)9-13/h13-15,18H,5-12H2,1-4H3. The van der Waals surface area contributed by atoms with Gasteiger partial charge in [-0.05, 0) is 64.5 Å². The summed E-state index contributed by atoms with van der Waals surface area (Å²) >= 11 is 0. The average molecular weight is 296 g/mol. The van der Waals surface area contributed by atoms with E-state index in [4.69, 9.17) is 4.74 Å². The summed E-state index contributed by atoms with van der Waals surface area (Å²) in [6.07, 6.45) is 5.71. The molecule has 0 spiro atoms. The lowest BCUT2D eigenvalue weighted by molar-refractivity contribution is -0.151. The van der Waals surface area contributed by atoms with Crippen LogP contribution in [0, 0.1) is 17.8 Å². The Hall–Kier alpha value is -0.610. The van der Waals surface area contributed by atoms with Crippen molar-refractivity contribution in [2.45, 2.75) is 52.0 Å². The van der Waals surface area contributed by atoms with Crippen molar-refractivity contribution < 1.29 is 9.53 Å². The van der Waals surface area contributed by atoms with E-state index in [9.17, 15) is 4.79 Å². The van der Waals surface area contributed by atoms with Crippen LogP contribution in [0.15, 0.2) is 0 Å². The second-order valence-electron chi connectivity index (χ2n) is 7.21. The number of likely N-dealkylation sites (N-methyl/N-ethyl adjacent to an activating group) is 2. The molecule has 4 heteroatoms. The molecule has 0 amide bonds. The lowest BCUT2D eigenvalue weighted by Gasteiger charge is -2.34. The van der Waals surface area contributed by atoms with Crippen LogP contribution in [0.4, 0.5) is 0 Å². The van der Waals surface area contributed by atoms with E-state index in [1.54, 1.807) is 0 Å². The summed E-state index contributed by atoms with van der Waals surface area (Å²) in [4.78, 5) is 14.6. The Kier molecular flexibility index (Phi) is 5.67. The maximum Gasteiger partial charge on any atom is 0.327 e. The lowest BCUT2D eigenvalue weighted by atomic mass is 9.88. The first-order valence-corrected chi connectivity index (χ1v) is 8.59. The molecule has 1 N–H and O–H groups in total. The molecule has 0 radical (unpaired) electrons. The minimum atomic E-state index is -0.600. The monoisotopic (exact) mass is 296 g/mol. The number of fused-ring (bicyclic) bond motifs is 2. The third-order valence-corrected chi connectivity index (χ3v) is 5.31. The van der Waals surface area contributed by atoms with Crippen LogP contribution >= 0.6 is 0 Å². The number of carbonyl (C=O) groups excluding carboxylic acids is 1. The summed E-state index contributed by atoms with van der Waals surface area (Å²) in [7, 11) is 2.14. The molecule has 0 heterocycles. The van der Waals surface area contributed by atoms with E-state index in [-0.39, 0.29) is 5.97 Å². The number of carbonyl (C=O) groups is 1. The molecular weight excluding hydrogens is 264 g/mol. The maximum absolute atomic E-state index is 12.2. The highest BCUT2D eigenvalue weighted by molar-refractivity contribution is 5.80. The van der Waals surface area contributed by atoms with Gasteiger partial charge < -0.3 is 15.0 Å². The third-order valence-electron chi connectivity index (χ3n) is 5.31. The van der Waals surface area contributed by atoms with Gasteiger partial charge in [-0.1, -0.05) is 13.3 Å². The zero-order valence-electron chi connectivity index (χ0n) is 14.2. The highest BCUT2D eigenvalue weighted by Crippen LogP contribution is 2.48. The van der Waals surface area contributed by atoms with Crippen LogP contribution in [0.1, 0.15) is 46.5 Å². The predicted molar refractivity (Wildman–Crippen MR) is 85.1 cm³/mol. The van der Waals surface area contributed by atoms with E-state index in [0.29, 0.717) is 13.2 Å². The molecule has 0 aliphatic heterocycles. The van der Waals surface area contributed by atoms with Crippen LogP contribution in [0.2, 0.25) is 0 Å². The first-order valence-electron chi connectivity index (χ1n) is 8.59. The van der Waals surface area contributed by atoms with Crippen LogP contribution in [-0.4, -0.2) is 49.7 Å². The van der Waals surface area contributed by atoms with Crippen molar-refractivity contribution in [2.24, 2.45) is 17.8 Å². The Bertz CT molecular complexity index is 361. The normalized spacial score (nSPS) is 30.6. The van der Waals surface area contributed by atoms with Crippen molar-refractivity contribution in [2.75, 3.05) is 33.3 Å². The molecule has 4 atom stereocenters. The Morgan fingerprint density at radius 2 is 2.10 bits per heavy atom. The molecule has 122 valence electrons. The van der Waals surface area contributed by atoms with Gasteiger partial charge in [0, 0.05) is 13.1 Å². The molecule has 21 heavy (non-hydrogen) atoms. The Labute approximate surface area is 129 Å². The Morgan fingerprint density at radius 3 is 2.62 bits per heavy atom. The minimum absolute atomic E-state index is 0.133.